The zero-order valence-corrected chi connectivity index (χ0v) is 16.1. The van der Waals surface area contributed by atoms with Crippen molar-refractivity contribution < 1.29 is 4.79 Å². The average Bonchev–Trinajstić information content (AvgIpc) is 2.90. The molecule has 0 unspecified atom stereocenters. The molecule has 2 N–H and O–H groups in total. The summed E-state index contributed by atoms with van der Waals surface area (Å²) < 4.78 is 1.91. The molecular weight excluding hydrogens is 336 g/mol. The number of halogens is 1. The van der Waals surface area contributed by atoms with E-state index in [2.05, 4.69) is 54.7 Å². The summed E-state index contributed by atoms with van der Waals surface area (Å²) in [5.74, 6) is 0.177. The predicted octanol–water partition coefficient (Wildman–Crippen LogP) is 3.55. The van der Waals surface area contributed by atoms with E-state index < -0.39 is 0 Å². The molecule has 1 aliphatic rings. The summed E-state index contributed by atoms with van der Waals surface area (Å²) in [6.45, 7) is 9.17. The van der Waals surface area contributed by atoms with E-state index >= 15 is 0 Å². The minimum Gasteiger partial charge on any atom is -0.323 e. The Morgan fingerprint density at radius 1 is 1.32 bits per heavy atom. The van der Waals surface area contributed by atoms with E-state index in [-0.39, 0.29) is 24.2 Å². The third-order valence-corrected chi connectivity index (χ3v) is 4.85. The van der Waals surface area contributed by atoms with Gasteiger partial charge in [-0.05, 0) is 64.3 Å². The van der Waals surface area contributed by atoms with Gasteiger partial charge >= 0.3 is 0 Å². The smallest absolute Gasteiger partial charge is 0.227 e. The van der Waals surface area contributed by atoms with Gasteiger partial charge in [0.15, 0.2) is 0 Å². The van der Waals surface area contributed by atoms with Gasteiger partial charge in [0.25, 0.3) is 0 Å². The zero-order chi connectivity index (χ0) is 17.3. The number of carbonyl (C=O) groups excluding carboxylic acids is 1. The van der Waals surface area contributed by atoms with Crippen molar-refractivity contribution in [3.8, 4) is 5.69 Å². The van der Waals surface area contributed by atoms with Gasteiger partial charge in [-0.3, -0.25) is 4.79 Å². The van der Waals surface area contributed by atoms with Crippen LogP contribution in [-0.2, 0) is 4.79 Å². The first-order valence-electron chi connectivity index (χ1n) is 8.62. The normalized spacial score (nSPS) is 20.0. The fourth-order valence-electron chi connectivity index (χ4n) is 3.33. The first-order chi connectivity index (χ1) is 11.5. The molecule has 1 aromatic carbocycles. The number of benzene rings is 1. The maximum absolute atomic E-state index is 12.6. The number of anilines is 1. The van der Waals surface area contributed by atoms with E-state index in [9.17, 15) is 4.79 Å². The van der Waals surface area contributed by atoms with Gasteiger partial charge in [-0.1, -0.05) is 12.1 Å². The van der Waals surface area contributed by atoms with Crippen molar-refractivity contribution in [1.82, 2.24) is 15.1 Å². The molecular formula is C19H27ClN4O. The lowest BCUT2D eigenvalue weighted by molar-refractivity contribution is -0.120. The molecule has 1 amide bonds. The van der Waals surface area contributed by atoms with Gasteiger partial charge in [0, 0.05) is 12.0 Å². The first kappa shape index (κ1) is 19.5. The molecule has 0 spiro atoms. The highest BCUT2D eigenvalue weighted by Gasteiger charge is 2.25. The number of hydrogen-bond donors (Lipinski definition) is 2. The van der Waals surface area contributed by atoms with Crippen LogP contribution in [0, 0.1) is 26.7 Å². The molecule has 0 bridgehead atoms. The lowest BCUT2D eigenvalue weighted by Crippen LogP contribution is -2.40. The molecule has 136 valence electrons. The van der Waals surface area contributed by atoms with Crippen LogP contribution in [0.1, 0.15) is 36.6 Å². The Bertz CT molecular complexity index is 756. The Hall–Kier alpha value is -1.85. The van der Waals surface area contributed by atoms with Crippen molar-refractivity contribution in [2.75, 3.05) is 11.9 Å². The highest BCUT2D eigenvalue weighted by atomic mass is 35.5. The monoisotopic (exact) mass is 362 g/mol. The van der Waals surface area contributed by atoms with Crippen molar-refractivity contribution in [2.45, 2.75) is 46.6 Å². The number of aromatic nitrogens is 2. The van der Waals surface area contributed by atoms with Crippen LogP contribution in [0.5, 0.6) is 0 Å². The van der Waals surface area contributed by atoms with Gasteiger partial charge in [-0.25, -0.2) is 4.68 Å². The number of nitrogens with zero attached hydrogens (tertiary/aromatic N) is 2. The number of carbonyl (C=O) groups is 1. The average molecular weight is 363 g/mol. The summed E-state index contributed by atoms with van der Waals surface area (Å²) in [4.78, 5) is 12.6. The van der Waals surface area contributed by atoms with Crippen LogP contribution in [0.25, 0.3) is 5.69 Å². The van der Waals surface area contributed by atoms with E-state index in [0.29, 0.717) is 6.04 Å². The van der Waals surface area contributed by atoms with E-state index in [1.807, 2.05) is 11.6 Å². The number of rotatable bonds is 3. The molecule has 3 rings (SSSR count). The van der Waals surface area contributed by atoms with Crippen LogP contribution in [0.2, 0.25) is 0 Å². The highest BCUT2D eigenvalue weighted by Crippen LogP contribution is 2.24. The van der Waals surface area contributed by atoms with Gasteiger partial charge in [0.2, 0.25) is 5.91 Å². The third kappa shape index (κ3) is 4.22. The van der Waals surface area contributed by atoms with Crippen molar-refractivity contribution in [1.29, 1.82) is 0 Å². The lowest BCUT2D eigenvalue weighted by Gasteiger charge is -2.27. The Labute approximate surface area is 155 Å². The second-order valence-corrected chi connectivity index (χ2v) is 6.91. The van der Waals surface area contributed by atoms with Gasteiger partial charge in [-0.2, -0.15) is 5.10 Å². The summed E-state index contributed by atoms with van der Waals surface area (Å²) in [6, 6.07) is 6.71. The topological polar surface area (TPSA) is 59.0 Å². The molecule has 1 aromatic heterocycles. The molecule has 2 atom stereocenters. The van der Waals surface area contributed by atoms with Gasteiger partial charge < -0.3 is 10.6 Å². The molecule has 2 aromatic rings. The van der Waals surface area contributed by atoms with Crippen LogP contribution in [0.15, 0.2) is 24.4 Å². The van der Waals surface area contributed by atoms with E-state index in [4.69, 9.17) is 0 Å². The molecule has 1 saturated heterocycles. The van der Waals surface area contributed by atoms with Gasteiger partial charge in [0.05, 0.1) is 23.3 Å². The first-order valence-corrected chi connectivity index (χ1v) is 8.62. The van der Waals surface area contributed by atoms with Crippen molar-refractivity contribution >= 4 is 24.0 Å². The minimum absolute atomic E-state index is 0. The third-order valence-electron chi connectivity index (χ3n) is 4.85. The van der Waals surface area contributed by atoms with Gasteiger partial charge in [-0.15, -0.1) is 12.4 Å². The van der Waals surface area contributed by atoms with E-state index in [1.54, 1.807) is 6.20 Å². The quantitative estimate of drug-likeness (QED) is 0.877. The Morgan fingerprint density at radius 2 is 2.08 bits per heavy atom. The number of aryl methyl sites for hydroxylation is 2. The predicted molar refractivity (Wildman–Crippen MR) is 104 cm³/mol. The SMILES string of the molecule is Cc1ccc(C)c(-n2ncc(NC(=O)[C@H]3CCN[C@@H](C)C3)c2C)c1.Cl. The Morgan fingerprint density at radius 3 is 2.80 bits per heavy atom. The molecule has 25 heavy (non-hydrogen) atoms. The molecule has 0 aliphatic carbocycles. The number of nitrogens with one attached hydrogen (secondary N) is 2. The maximum atomic E-state index is 12.6. The van der Waals surface area contributed by atoms with Crippen molar-refractivity contribution in [3.63, 3.8) is 0 Å². The zero-order valence-electron chi connectivity index (χ0n) is 15.3. The Kier molecular flexibility index (Phi) is 6.25. The Balaban J connectivity index is 0.00000225. The summed E-state index contributed by atoms with van der Waals surface area (Å²) in [5.41, 5.74) is 5.17. The largest absolute Gasteiger partial charge is 0.323 e. The second kappa shape index (κ2) is 8.02. The van der Waals surface area contributed by atoms with Crippen LogP contribution in [-0.4, -0.2) is 28.3 Å². The fourth-order valence-corrected chi connectivity index (χ4v) is 3.33. The molecule has 0 radical (unpaired) electrons. The standard InChI is InChI=1S/C19H26N4O.ClH/c1-12-5-6-13(2)18(9-12)23-15(4)17(11-21-23)22-19(24)16-7-8-20-14(3)10-16;/h5-6,9,11,14,16,20H,7-8,10H2,1-4H3,(H,22,24);1H/t14-,16-;/m0./s1. The van der Waals surface area contributed by atoms with E-state index in [0.717, 1.165) is 42.0 Å². The van der Waals surface area contributed by atoms with Gasteiger partial charge in [0.1, 0.15) is 0 Å². The molecule has 6 heteroatoms. The van der Waals surface area contributed by atoms with Crippen LogP contribution < -0.4 is 10.6 Å². The summed E-state index contributed by atoms with van der Waals surface area (Å²) in [5, 5.41) is 10.9. The molecule has 5 nitrogen and oxygen atoms in total. The minimum atomic E-state index is 0. The summed E-state index contributed by atoms with van der Waals surface area (Å²) >= 11 is 0. The fraction of sp³-hybridized carbons (Fsp3) is 0.474. The molecule has 0 saturated carbocycles. The molecule has 1 fully saturated rings. The maximum Gasteiger partial charge on any atom is 0.227 e. The van der Waals surface area contributed by atoms with Crippen molar-refractivity contribution in [3.05, 3.63) is 41.2 Å². The number of hydrogen-bond acceptors (Lipinski definition) is 3. The molecule has 1 aliphatic heterocycles. The van der Waals surface area contributed by atoms with E-state index in [1.165, 1.54) is 5.56 Å². The molecule has 2 heterocycles. The summed E-state index contributed by atoms with van der Waals surface area (Å²) in [7, 11) is 0. The highest BCUT2D eigenvalue weighted by molar-refractivity contribution is 5.93. The van der Waals surface area contributed by atoms with Crippen LogP contribution in [0.4, 0.5) is 5.69 Å². The van der Waals surface area contributed by atoms with Crippen molar-refractivity contribution in [2.24, 2.45) is 5.92 Å². The number of amides is 1. The number of piperidine rings is 1. The van der Waals surface area contributed by atoms with Crippen LogP contribution in [0.3, 0.4) is 0 Å². The lowest BCUT2D eigenvalue weighted by atomic mass is 9.92. The van der Waals surface area contributed by atoms with Crippen LogP contribution >= 0.6 is 12.4 Å². The summed E-state index contributed by atoms with van der Waals surface area (Å²) in [6.07, 6.45) is 3.52. The second-order valence-electron chi connectivity index (χ2n) is 6.91.